The summed E-state index contributed by atoms with van der Waals surface area (Å²) < 4.78 is 11.0. The third kappa shape index (κ3) is 7.09. The number of furan rings is 1. The van der Waals surface area contributed by atoms with Gasteiger partial charge in [0.25, 0.3) is 0 Å². The first-order chi connectivity index (χ1) is 13.5. The molecule has 0 spiro atoms. The maximum absolute atomic E-state index is 10.5. The van der Waals surface area contributed by atoms with E-state index in [1.54, 1.807) is 18.2 Å². The second-order valence-corrected chi connectivity index (χ2v) is 6.94. The van der Waals surface area contributed by atoms with E-state index in [9.17, 15) is 10.2 Å². The second kappa shape index (κ2) is 11.6. The van der Waals surface area contributed by atoms with E-state index in [2.05, 4.69) is 6.58 Å². The summed E-state index contributed by atoms with van der Waals surface area (Å²) in [5.41, 5.74) is 2.07. The van der Waals surface area contributed by atoms with Gasteiger partial charge in [-0.3, -0.25) is 0 Å². The van der Waals surface area contributed by atoms with E-state index in [0.717, 1.165) is 11.1 Å². The molecule has 0 radical (unpaired) electrons. The van der Waals surface area contributed by atoms with E-state index in [-0.39, 0.29) is 13.2 Å². The molecular formula is C23H30O5. The normalized spacial score (nSPS) is 15.2. The Morgan fingerprint density at radius 1 is 1.14 bits per heavy atom. The van der Waals surface area contributed by atoms with Crippen molar-refractivity contribution in [1.29, 1.82) is 0 Å². The predicted octanol–water partition coefficient (Wildman–Crippen LogP) is 3.70. The van der Waals surface area contributed by atoms with Crippen LogP contribution in [0.25, 0.3) is 6.08 Å². The molecule has 152 valence electrons. The number of rotatable bonds is 12. The molecule has 5 nitrogen and oxygen atoms in total. The standard InChI is InChI=1S/C23H30O5/c1-3-21(23(26)16-27-15-18-7-5-4-6-8-18)22(25)12-9-17(2)13-19-10-11-20(14-24)28-19/h3-8,10-11,13,21-26H,1,9,12,14-16H2,2H3/b17-13+/t21-,22-,23-/m1/s1. The zero-order valence-corrected chi connectivity index (χ0v) is 16.3. The second-order valence-electron chi connectivity index (χ2n) is 6.94. The summed E-state index contributed by atoms with van der Waals surface area (Å²) in [6.45, 7) is 6.12. The number of hydrogen-bond donors (Lipinski definition) is 3. The van der Waals surface area contributed by atoms with E-state index >= 15 is 0 Å². The molecule has 0 saturated carbocycles. The van der Waals surface area contributed by atoms with Gasteiger partial charge in [0, 0.05) is 5.92 Å². The summed E-state index contributed by atoms with van der Waals surface area (Å²) in [4.78, 5) is 0. The Morgan fingerprint density at radius 3 is 2.54 bits per heavy atom. The summed E-state index contributed by atoms with van der Waals surface area (Å²) in [7, 11) is 0. The number of hydrogen-bond acceptors (Lipinski definition) is 5. The van der Waals surface area contributed by atoms with Crippen LogP contribution < -0.4 is 0 Å². The lowest BCUT2D eigenvalue weighted by Crippen LogP contribution is -2.33. The highest BCUT2D eigenvalue weighted by Gasteiger charge is 2.24. The molecule has 0 fully saturated rings. The molecule has 5 heteroatoms. The molecule has 0 saturated heterocycles. The van der Waals surface area contributed by atoms with E-state index < -0.39 is 18.1 Å². The van der Waals surface area contributed by atoms with Crippen molar-refractivity contribution in [3.63, 3.8) is 0 Å². The minimum atomic E-state index is -0.822. The minimum absolute atomic E-state index is 0.128. The largest absolute Gasteiger partial charge is 0.459 e. The monoisotopic (exact) mass is 386 g/mol. The number of aliphatic hydroxyl groups is 3. The number of allylic oxidation sites excluding steroid dienone is 1. The van der Waals surface area contributed by atoms with Gasteiger partial charge in [0.2, 0.25) is 0 Å². The van der Waals surface area contributed by atoms with Crippen LogP contribution in [0.2, 0.25) is 0 Å². The Morgan fingerprint density at radius 2 is 1.89 bits per heavy atom. The highest BCUT2D eigenvalue weighted by Crippen LogP contribution is 2.20. The fourth-order valence-corrected chi connectivity index (χ4v) is 2.99. The van der Waals surface area contributed by atoms with Crippen molar-refractivity contribution < 1.29 is 24.5 Å². The topological polar surface area (TPSA) is 83.1 Å². The average Bonchev–Trinajstić information content (AvgIpc) is 3.15. The summed E-state index contributed by atoms with van der Waals surface area (Å²) in [5, 5.41) is 29.9. The van der Waals surface area contributed by atoms with Crippen LogP contribution in [0.1, 0.15) is 36.8 Å². The Kier molecular flexibility index (Phi) is 9.17. The Labute approximate surface area is 166 Å². The molecule has 0 aliphatic carbocycles. The first-order valence-corrected chi connectivity index (χ1v) is 9.50. The number of benzene rings is 1. The maximum atomic E-state index is 10.5. The van der Waals surface area contributed by atoms with Crippen LogP contribution in [0.4, 0.5) is 0 Å². The van der Waals surface area contributed by atoms with Gasteiger partial charge in [-0.25, -0.2) is 0 Å². The molecule has 0 unspecified atom stereocenters. The lowest BCUT2D eigenvalue weighted by molar-refractivity contribution is -0.0273. The molecule has 0 bridgehead atoms. The van der Waals surface area contributed by atoms with Gasteiger partial charge in [-0.15, -0.1) is 6.58 Å². The van der Waals surface area contributed by atoms with Crippen molar-refractivity contribution in [3.8, 4) is 0 Å². The molecule has 28 heavy (non-hydrogen) atoms. The first-order valence-electron chi connectivity index (χ1n) is 9.50. The zero-order chi connectivity index (χ0) is 20.4. The third-order valence-electron chi connectivity index (χ3n) is 4.62. The fraction of sp³-hybridized carbons (Fsp3) is 0.391. The van der Waals surface area contributed by atoms with Crippen molar-refractivity contribution in [1.82, 2.24) is 0 Å². The van der Waals surface area contributed by atoms with Crippen molar-refractivity contribution in [3.05, 3.63) is 77.8 Å². The van der Waals surface area contributed by atoms with Gasteiger partial charge in [0.15, 0.2) is 0 Å². The van der Waals surface area contributed by atoms with Crippen LogP contribution in [0.3, 0.4) is 0 Å². The van der Waals surface area contributed by atoms with Crippen molar-refractivity contribution in [2.75, 3.05) is 6.61 Å². The summed E-state index contributed by atoms with van der Waals surface area (Å²) in [5.74, 6) is 0.725. The van der Waals surface area contributed by atoms with Gasteiger partial charge in [0.1, 0.15) is 18.1 Å². The molecule has 2 aromatic rings. The molecule has 3 atom stereocenters. The van der Waals surface area contributed by atoms with Crippen LogP contribution >= 0.6 is 0 Å². The van der Waals surface area contributed by atoms with Gasteiger partial charge < -0.3 is 24.5 Å². The molecular weight excluding hydrogens is 356 g/mol. The minimum Gasteiger partial charge on any atom is -0.459 e. The van der Waals surface area contributed by atoms with Crippen LogP contribution in [0.5, 0.6) is 0 Å². The highest BCUT2D eigenvalue weighted by molar-refractivity contribution is 5.46. The van der Waals surface area contributed by atoms with Gasteiger partial charge in [-0.2, -0.15) is 0 Å². The van der Waals surface area contributed by atoms with Crippen LogP contribution in [-0.4, -0.2) is 34.1 Å². The smallest absolute Gasteiger partial charge is 0.130 e. The lowest BCUT2D eigenvalue weighted by atomic mass is 9.92. The van der Waals surface area contributed by atoms with Crippen molar-refractivity contribution in [2.45, 2.75) is 45.2 Å². The van der Waals surface area contributed by atoms with Gasteiger partial charge in [0.05, 0.1) is 25.4 Å². The van der Waals surface area contributed by atoms with Crippen molar-refractivity contribution >= 4 is 6.08 Å². The zero-order valence-electron chi connectivity index (χ0n) is 16.3. The lowest BCUT2D eigenvalue weighted by Gasteiger charge is -2.25. The maximum Gasteiger partial charge on any atom is 0.130 e. The quantitative estimate of drug-likeness (QED) is 0.485. The van der Waals surface area contributed by atoms with Gasteiger partial charge in [-0.05, 0) is 43.5 Å². The highest BCUT2D eigenvalue weighted by atomic mass is 16.5. The molecule has 0 aliphatic rings. The molecule has 2 rings (SSSR count). The SMILES string of the molecule is C=C[C@H]([C@H](O)CC/C(C)=C/c1ccc(CO)o1)[C@H](O)COCc1ccccc1. The van der Waals surface area contributed by atoms with E-state index in [0.29, 0.717) is 31.0 Å². The summed E-state index contributed by atoms with van der Waals surface area (Å²) >= 11 is 0. The predicted molar refractivity (Wildman–Crippen MR) is 109 cm³/mol. The van der Waals surface area contributed by atoms with Crippen LogP contribution in [-0.2, 0) is 18.0 Å². The van der Waals surface area contributed by atoms with Crippen molar-refractivity contribution in [2.24, 2.45) is 5.92 Å². The third-order valence-corrected chi connectivity index (χ3v) is 4.62. The molecule has 1 aromatic carbocycles. The molecule has 0 amide bonds. The molecule has 1 aromatic heterocycles. The van der Waals surface area contributed by atoms with Gasteiger partial charge in [-0.1, -0.05) is 42.0 Å². The summed E-state index contributed by atoms with van der Waals surface area (Å²) in [6, 6.07) is 13.3. The first kappa shape index (κ1) is 22.1. The fourth-order valence-electron chi connectivity index (χ4n) is 2.99. The Hall–Kier alpha value is -2.18. The number of aliphatic hydroxyl groups excluding tert-OH is 3. The van der Waals surface area contributed by atoms with E-state index in [1.807, 2.05) is 43.3 Å². The Bertz CT molecular complexity index is 734. The molecule has 1 heterocycles. The van der Waals surface area contributed by atoms with Crippen LogP contribution in [0, 0.1) is 5.92 Å². The molecule has 3 N–H and O–H groups in total. The van der Waals surface area contributed by atoms with E-state index in [1.165, 1.54) is 0 Å². The number of ether oxygens (including phenoxy) is 1. The Balaban J connectivity index is 1.79. The molecule has 0 aliphatic heterocycles. The van der Waals surface area contributed by atoms with Crippen LogP contribution in [0.15, 0.2) is 65.1 Å². The summed E-state index contributed by atoms with van der Waals surface area (Å²) in [6.07, 6.45) is 3.06. The van der Waals surface area contributed by atoms with E-state index in [4.69, 9.17) is 14.3 Å². The van der Waals surface area contributed by atoms with Gasteiger partial charge >= 0.3 is 0 Å². The average molecular weight is 386 g/mol.